The molecule has 0 unspecified atom stereocenters. The molecule has 0 aliphatic carbocycles. The van der Waals surface area contributed by atoms with Crippen LogP contribution >= 0.6 is 0 Å². The Morgan fingerprint density at radius 3 is 2.00 bits per heavy atom. The average Bonchev–Trinajstić information content (AvgIpc) is 2.52. The summed E-state index contributed by atoms with van der Waals surface area (Å²) in [5.74, 6) is -1.87. The maximum absolute atomic E-state index is 12.8. The van der Waals surface area contributed by atoms with Crippen LogP contribution in [-0.2, 0) is 10.0 Å². The number of halogens is 1. The van der Waals surface area contributed by atoms with Gasteiger partial charge in [0.05, 0.1) is 4.90 Å². The Labute approximate surface area is 137 Å². The van der Waals surface area contributed by atoms with Crippen molar-refractivity contribution < 1.29 is 22.4 Å². The van der Waals surface area contributed by atoms with Crippen molar-refractivity contribution in [1.29, 1.82) is 0 Å². The molecule has 0 fully saturated rings. The summed E-state index contributed by atoms with van der Waals surface area (Å²) in [6.07, 6.45) is 0. The van der Waals surface area contributed by atoms with Gasteiger partial charge in [-0.2, -0.15) is 0 Å². The number of aryl methyl sites for hydroxylation is 1. The number of hydrogen-bond donors (Lipinski definition) is 3. The lowest BCUT2D eigenvalue weighted by Gasteiger charge is -2.09. The summed E-state index contributed by atoms with van der Waals surface area (Å²) in [5.41, 5.74) is 4.83. The smallest absolute Gasteiger partial charge is 0.267 e. The van der Waals surface area contributed by atoms with Gasteiger partial charge in [-0.25, -0.2) is 17.9 Å². The van der Waals surface area contributed by atoms with Crippen molar-refractivity contribution in [2.75, 3.05) is 0 Å². The zero-order valence-electron chi connectivity index (χ0n) is 12.5. The highest BCUT2D eigenvalue weighted by Crippen LogP contribution is 2.15. The van der Waals surface area contributed by atoms with E-state index in [4.69, 9.17) is 5.14 Å². The Balaban J connectivity index is 2.10. The highest BCUT2D eigenvalue weighted by Gasteiger charge is 2.16. The highest BCUT2D eigenvalue weighted by atomic mass is 32.2. The molecule has 0 aliphatic rings. The van der Waals surface area contributed by atoms with Crippen LogP contribution in [0.5, 0.6) is 0 Å². The van der Waals surface area contributed by atoms with Crippen LogP contribution in [-0.4, -0.2) is 20.2 Å². The largest absolute Gasteiger partial charge is 0.269 e. The molecule has 2 aromatic rings. The van der Waals surface area contributed by atoms with Crippen molar-refractivity contribution in [2.45, 2.75) is 11.8 Å². The number of nitrogens with two attached hydrogens (primary N) is 1. The molecule has 2 aromatic carbocycles. The van der Waals surface area contributed by atoms with Gasteiger partial charge in [0, 0.05) is 11.1 Å². The number of sulfonamides is 1. The first-order valence-electron chi connectivity index (χ1n) is 6.68. The molecule has 0 saturated carbocycles. The monoisotopic (exact) mass is 351 g/mol. The molecule has 9 heteroatoms. The maximum atomic E-state index is 12.8. The molecular formula is C15H14FN3O4S. The summed E-state index contributed by atoms with van der Waals surface area (Å²) in [6.45, 7) is 1.54. The lowest BCUT2D eigenvalue weighted by molar-refractivity contribution is 0.0846. The van der Waals surface area contributed by atoms with E-state index in [1.165, 1.54) is 31.2 Å². The van der Waals surface area contributed by atoms with E-state index in [0.717, 1.165) is 18.2 Å². The van der Waals surface area contributed by atoms with Gasteiger partial charge in [-0.3, -0.25) is 20.4 Å². The fraction of sp³-hybridized carbons (Fsp3) is 0.0667. The predicted molar refractivity (Wildman–Crippen MR) is 83.9 cm³/mol. The van der Waals surface area contributed by atoms with E-state index >= 15 is 0 Å². The molecule has 0 bridgehead atoms. The lowest BCUT2D eigenvalue weighted by Crippen LogP contribution is -2.41. The topological polar surface area (TPSA) is 118 Å². The van der Waals surface area contributed by atoms with Crippen molar-refractivity contribution in [3.63, 3.8) is 0 Å². The fourth-order valence-corrected chi connectivity index (χ4v) is 2.72. The van der Waals surface area contributed by atoms with E-state index in [1.54, 1.807) is 0 Å². The highest BCUT2D eigenvalue weighted by molar-refractivity contribution is 7.89. The Bertz CT molecular complexity index is 895. The quantitative estimate of drug-likeness (QED) is 0.711. The van der Waals surface area contributed by atoms with Crippen LogP contribution in [0.4, 0.5) is 4.39 Å². The second-order valence-corrected chi connectivity index (χ2v) is 6.47. The van der Waals surface area contributed by atoms with Crippen molar-refractivity contribution in [3.8, 4) is 0 Å². The van der Waals surface area contributed by atoms with Gasteiger partial charge in [0.1, 0.15) is 5.82 Å². The van der Waals surface area contributed by atoms with Gasteiger partial charge in [0.2, 0.25) is 10.0 Å². The molecule has 24 heavy (non-hydrogen) atoms. The van der Waals surface area contributed by atoms with Gasteiger partial charge < -0.3 is 0 Å². The van der Waals surface area contributed by atoms with Gasteiger partial charge in [-0.05, 0) is 48.9 Å². The molecule has 2 amide bonds. The number of carbonyl (C=O) groups is 2. The van der Waals surface area contributed by atoms with Crippen LogP contribution < -0.4 is 16.0 Å². The zero-order chi connectivity index (χ0) is 17.9. The number of benzene rings is 2. The summed E-state index contributed by atoms with van der Waals surface area (Å²) in [7, 11) is -3.97. The standard InChI is InChI=1S/C15H14FN3O4S/c1-9-2-3-11(8-13(9)24(17,22)23)15(21)19-18-14(20)10-4-6-12(16)7-5-10/h2-8H,1H3,(H,18,20)(H,19,21)(H2,17,22,23). The normalized spacial score (nSPS) is 11.0. The average molecular weight is 351 g/mol. The van der Waals surface area contributed by atoms with Crippen LogP contribution in [0.25, 0.3) is 0 Å². The van der Waals surface area contributed by atoms with Crippen LogP contribution in [0.3, 0.4) is 0 Å². The van der Waals surface area contributed by atoms with E-state index in [-0.39, 0.29) is 16.0 Å². The minimum atomic E-state index is -3.97. The first-order chi connectivity index (χ1) is 11.2. The van der Waals surface area contributed by atoms with Crippen LogP contribution in [0.1, 0.15) is 26.3 Å². The van der Waals surface area contributed by atoms with Crippen molar-refractivity contribution in [3.05, 3.63) is 65.0 Å². The van der Waals surface area contributed by atoms with E-state index in [1.807, 2.05) is 0 Å². The summed E-state index contributed by atoms with van der Waals surface area (Å²) in [6, 6.07) is 8.65. The number of nitrogens with one attached hydrogen (secondary N) is 2. The van der Waals surface area contributed by atoms with Crippen molar-refractivity contribution in [2.24, 2.45) is 5.14 Å². The number of rotatable bonds is 3. The molecule has 7 nitrogen and oxygen atoms in total. The van der Waals surface area contributed by atoms with E-state index < -0.39 is 27.7 Å². The van der Waals surface area contributed by atoms with E-state index in [9.17, 15) is 22.4 Å². The minimum Gasteiger partial charge on any atom is -0.267 e. The lowest BCUT2D eigenvalue weighted by atomic mass is 10.1. The summed E-state index contributed by atoms with van der Waals surface area (Å²) >= 11 is 0. The van der Waals surface area contributed by atoms with Crippen LogP contribution in [0.15, 0.2) is 47.4 Å². The third-order valence-electron chi connectivity index (χ3n) is 3.15. The number of carbonyl (C=O) groups excluding carboxylic acids is 2. The molecule has 0 heterocycles. The van der Waals surface area contributed by atoms with Crippen molar-refractivity contribution in [1.82, 2.24) is 10.9 Å². The molecule has 2 rings (SSSR count). The molecule has 0 atom stereocenters. The molecule has 0 saturated heterocycles. The molecule has 4 N–H and O–H groups in total. The third-order valence-corrected chi connectivity index (χ3v) is 4.21. The van der Waals surface area contributed by atoms with Gasteiger partial charge in [0.25, 0.3) is 11.8 Å². The van der Waals surface area contributed by atoms with Crippen LogP contribution in [0, 0.1) is 12.7 Å². The SMILES string of the molecule is Cc1ccc(C(=O)NNC(=O)c2ccc(F)cc2)cc1S(N)(=O)=O. The van der Waals surface area contributed by atoms with E-state index in [0.29, 0.717) is 5.56 Å². The Hall–Kier alpha value is -2.78. The Kier molecular flexibility index (Phi) is 4.96. The molecule has 0 aromatic heterocycles. The second-order valence-electron chi connectivity index (χ2n) is 4.94. The molecule has 0 aliphatic heterocycles. The van der Waals surface area contributed by atoms with Gasteiger partial charge in [-0.1, -0.05) is 6.07 Å². The van der Waals surface area contributed by atoms with Gasteiger partial charge >= 0.3 is 0 Å². The number of hydrogen-bond acceptors (Lipinski definition) is 4. The molecule has 0 radical (unpaired) electrons. The van der Waals surface area contributed by atoms with Gasteiger partial charge in [-0.15, -0.1) is 0 Å². The molecular weight excluding hydrogens is 337 g/mol. The number of primary sulfonamides is 1. The summed E-state index contributed by atoms with van der Waals surface area (Å²) in [5, 5.41) is 5.08. The summed E-state index contributed by atoms with van der Waals surface area (Å²) in [4.78, 5) is 23.6. The van der Waals surface area contributed by atoms with E-state index in [2.05, 4.69) is 10.9 Å². The van der Waals surface area contributed by atoms with Crippen LogP contribution in [0.2, 0.25) is 0 Å². The summed E-state index contributed by atoms with van der Waals surface area (Å²) < 4.78 is 35.7. The molecule has 0 spiro atoms. The Morgan fingerprint density at radius 1 is 0.958 bits per heavy atom. The third kappa shape index (κ3) is 4.15. The minimum absolute atomic E-state index is 0.00373. The Morgan fingerprint density at radius 2 is 1.46 bits per heavy atom. The van der Waals surface area contributed by atoms with Crippen molar-refractivity contribution >= 4 is 21.8 Å². The maximum Gasteiger partial charge on any atom is 0.269 e. The number of amides is 2. The first-order valence-corrected chi connectivity index (χ1v) is 8.23. The fourth-order valence-electron chi connectivity index (χ4n) is 1.91. The second kappa shape index (κ2) is 6.77. The molecule has 126 valence electrons. The zero-order valence-corrected chi connectivity index (χ0v) is 13.4. The van der Waals surface area contributed by atoms with Gasteiger partial charge in [0.15, 0.2) is 0 Å². The first kappa shape index (κ1) is 17.6. The number of hydrazine groups is 1. The predicted octanol–water partition coefficient (Wildman–Crippen LogP) is 0.856.